The van der Waals surface area contributed by atoms with Gasteiger partial charge in [0.2, 0.25) is 0 Å². The van der Waals surface area contributed by atoms with Crippen molar-refractivity contribution in [2.24, 2.45) is 0 Å². The Bertz CT molecular complexity index is 949. The smallest absolute Gasteiger partial charge is 0.322 e. The minimum atomic E-state index is -0.405. The first-order valence-corrected chi connectivity index (χ1v) is 9.13. The third-order valence-corrected chi connectivity index (χ3v) is 5.39. The number of hydrogen-bond acceptors (Lipinski definition) is 2. The molecule has 2 aliphatic rings. The fourth-order valence-corrected chi connectivity index (χ4v) is 3.94. The second kappa shape index (κ2) is 6.58. The van der Waals surface area contributed by atoms with Gasteiger partial charge in [-0.25, -0.2) is 4.79 Å². The number of carbonyl (C=O) groups is 2. The Labute approximate surface area is 159 Å². The van der Waals surface area contributed by atoms with Gasteiger partial charge in [0.25, 0.3) is 5.91 Å². The van der Waals surface area contributed by atoms with Gasteiger partial charge < -0.3 is 10.2 Å². The summed E-state index contributed by atoms with van der Waals surface area (Å²) in [6, 6.07) is 15.5. The van der Waals surface area contributed by atoms with Crippen molar-refractivity contribution in [1.29, 1.82) is 0 Å². The van der Waals surface area contributed by atoms with Crippen molar-refractivity contribution in [3.05, 3.63) is 82.1 Å². The fourth-order valence-electron chi connectivity index (χ4n) is 3.94. The molecule has 0 fully saturated rings. The minimum Gasteiger partial charge on any atom is -0.329 e. The lowest BCUT2D eigenvalue weighted by molar-refractivity contribution is -0.126. The van der Waals surface area contributed by atoms with Crippen molar-refractivity contribution in [2.45, 2.75) is 26.4 Å². The monoisotopic (exact) mass is 361 g/mol. The predicted octanol–water partition coefficient (Wildman–Crippen LogP) is 3.30. The molecular formula is C22H23N3O2. The maximum atomic E-state index is 13.2. The summed E-state index contributed by atoms with van der Waals surface area (Å²) in [7, 11) is 1.72. The van der Waals surface area contributed by atoms with Gasteiger partial charge in [0.1, 0.15) is 0 Å². The summed E-state index contributed by atoms with van der Waals surface area (Å²) in [5, 5.41) is 3.01. The lowest BCUT2D eigenvalue weighted by Gasteiger charge is -2.31. The number of carbonyl (C=O) groups excluding carboxylic acids is 2. The molecule has 27 heavy (non-hydrogen) atoms. The lowest BCUT2D eigenvalue weighted by atomic mass is 9.91. The molecule has 138 valence electrons. The molecular weight excluding hydrogens is 338 g/mol. The second-order valence-electron chi connectivity index (χ2n) is 7.31. The summed E-state index contributed by atoms with van der Waals surface area (Å²) in [5.41, 5.74) is 5.77. The van der Waals surface area contributed by atoms with Gasteiger partial charge in [0.05, 0.1) is 23.9 Å². The molecule has 5 nitrogen and oxygen atoms in total. The van der Waals surface area contributed by atoms with Gasteiger partial charge in [0, 0.05) is 13.6 Å². The molecule has 2 heterocycles. The first-order chi connectivity index (χ1) is 13.0. The maximum absolute atomic E-state index is 13.2. The zero-order valence-corrected chi connectivity index (χ0v) is 15.8. The number of nitrogens with one attached hydrogen (secondary N) is 1. The van der Waals surface area contributed by atoms with E-state index in [2.05, 4.69) is 11.4 Å². The summed E-state index contributed by atoms with van der Waals surface area (Å²) in [6.07, 6.45) is 0. The van der Waals surface area contributed by atoms with Crippen LogP contribution in [-0.2, 0) is 11.3 Å². The Morgan fingerprint density at radius 3 is 2.52 bits per heavy atom. The number of benzene rings is 2. The number of urea groups is 1. The number of rotatable bonds is 3. The number of nitrogens with zero attached hydrogens (tertiary/aromatic N) is 2. The van der Waals surface area contributed by atoms with E-state index in [0.29, 0.717) is 18.7 Å². The highest BCUT2D eigenvalue weighted by molar-refractivity contribution is 6.01. The van der Waals surface area contributed by atoms with E-state index >= 15 is 0 Å². The van der Waals surface area contributed by atoms with Crippen LogP contribution in [0.2, 0.25) is 0 Å². The normalized spacial score (nSPS) is 19.4. The maximum Gasteiger partial charge on any atom is 0.322 e. The molecule has 2 aliphatic heterocycles. The summed E-state index contributed by atoms with van der Waals surface area (Å²) in [6.45, 7) is 5.05. The molecule has 5 heteroatoms. The third kappa shape index (κ3) is 2.99. The SMILES string of the molecule is Cc1ccc([C@@H]2NC(=O)N(C)C3=C2C(=O)N(Cc2ccccc2)C3)c(C)c1. The van der Waals surface area contributed by atoms with Crippen LogP contribution in [0.15, 0.2) is 59.8 Å². The van der Waals surface area contributed by atoms with Gasteiger partial charge in [-0.3, -0.25) is 9.69 Å². The highest BCUT2D eigenvalue weighted by Crippen LogP contribution is 2.37. The van der Waals surface area contributed by atoms with Crippen LogP contribution >= 0.6 is 0 Å². The molecule has 0 spiro atoms. The highest BCUT2D eigenvalue weighted by Gasteiger charge is 2.43. The Kier molecular flexibility index (Phi) is 4.22. The quantitative estimate of drug-likeness (QED) is 0.912. The molecule has 0 bridgehead atoms. The summed E-state index contributed by atoms with van der Waals surface area (Å²) >= 11 is 0. The molecule has 1 atom stereocenters. The lowest BCUT2D eigenvalue weighted by Crippen LogP contribution is -2.45. The predicted molar refractivity (Wildman–Crippen MR) is 104 cm³/mol. The Morgan fingerprint density at radius 2 is 1.81 bits per heavy atom. The van der Waals surface area contributed by atoms with E-state index in [-0.39, 0.29) is 11.9 Å². The van der Waals surface area contributed by atoms with Gasteiger partial charge in [-0.2, -0.15) is 0 Å². The molecule has 4 rings (SSSR count). The first kappa shape index (κ1) is 17.3. The standard InChI is InChI=1S/C22H23N3O2/c1-14-9-10-17(15(2)11-14)20-19-18(24(3)22(27)23-20)13-25(21(19)26)12-16-7-5-4-6-8-16/h4-11,20H,12-13H2,1-3H3,(H,23,27)/t20-/m0/s1. The number of amides is 3. The van der Waals surface area contributed by atoms with Gasteiger partial charge >= 0.3 is 6.03 Å². The van der Waals surface area contributed by atoms with Gasteiger partial charge in [0.15, 0.2) is 0 Å². The molecule has 3 amide bonds. The molecule has 0 aliphatic carbocycles. The molecule has 0 unspecified atom stereocenters. The minimum absolute atomic E-state index is 0.00863. The molecule has 1 N–H and O–H groups in total. The zero-order chi connectivity index (χ0) is 19.1. The molecule has 0 radical (unpaired) electrons. The van der Waals surface area contributed by atoms with E-state index in [1.807, 2.05) is 61.2 Å². The van der Waals surface area contributed by atoms with E-state index in [1.165, 1.54) is 0 Å². The van der Waals surface area contributed by atoms with E-state index in [1.54, 1.807) is 11.9 Å². The summed E-state index contributed by atoms with van der Waals surface area (Å²) in [5.74, 6) is -0.00863. The Morgan fingerprint density at radius 1 is 1.07 bits per heavy atom. The van der Waals surface area contributed by atoms with E-state index in [4.69, 9.17) is 0 Å². The third-order valence-electron chi connectivity index (χ3n) is 5.39. The van der Waals surface area contributed by atoms with Crippen LogP contribution in [-0.4, -0.2) is 35.3 Å². The highest BCUT2D eigenvalue weighted by atomic mass is 16.2. The van der Waals surface area contributed by atoms with Gasteiger partial charge in [-0.15, -0.1) is 0 Å². The zero-order valence-electron chi connectivity index (χ0n) is 15.8. The van der Waals surface area contributed by atoms with Crippen LogP contribution < -0.4 is 5.32 Å². The Balaban J connectivity index is 1.71. The van der Waals surface area contributed by atoms with Crippen LogP contribution in [0.1, 0.15) is 28.3 Å². The molecule has 2 aromatic rings. The fraction of sp³-hybridized carbons (Fsp3) is 0.273. The van der Waals surface area contributed by atoms with Crippen LogP contribution in [0.5, 0.6) is 0 Å². The van der Waals surface area contributed by atoms with Crippen molar-refractivity contribution in [2.75, 3.05) is 13.6 Å². The largest absolute Gasteiger partial charge is 0.329 e. The van der Waals surface area contributed by atoms with Gasteiger partial charge in [-0.05, 0) is 30.5 Å². The van der Waals surface area contributed by atoms with Crippen LogP contribution in [0.25, 0.3) is 0 Å². The molecule has 2 aromatic carbocycles. The average molecular weight is 361 g/mol. The average Bonchev–Trinajstić information content (AvgIpc) is 2.96. The molecule has 0 saturated carbocycles. The van der Waals surface area contributed by atoms with E-state index in [9.17, 15) is 9.59 Å². The Hall–Kier alpha value is -3.08. The van der Waals surface area contributed by atoms with Crippen LogP contribution in [0, 0.1) is 13.8 Å². The van der Waals surface area contributed by atoms with Crippen molar-refractivity contribution in [3.8, 4) is 0 Å². The van der Waals surface area contributed by atoms with Crippen molar-refractivity contribution < 1.29 is 9.59 Å². The van der Waals surface area contributed by atoms with Gasteiger partial charge in [-0.1, -0.05) is 54.1 Å². The van der Waals surface area contributed by atoms with Crippen molar-refractivity contribution >= 4 is 11.9 Å². The second-order valence-corrected chi connectivity index (χ2v) is 7.31. The topological polar surface area (TPSA) is 52.7 Å². The number of likely N-dealkylation sites (N-methyl/N-ethyl adjacent to an activating group) is 1. The number of aryl methyl sites for hydroxylation is 2. The first-order valence-electron chi connectivity index (χ1n) is 9.13. The van der Waals surface area contributed by atoms with Crippen LogP contribution in [0.3, 0.4) is 0 Å². The molecule has 0 aromatic heterocycles. The molecule has 0 saturated heterocycles. The van der Waals surface area contributed by atoms with E-state index < -0.39 is 6.04 Å². The summed E-state index contributed by atoms with van der Waals surface area (Å²) in [4.78, 5) is 29.2. The number of hydrogen-bond donors (Lipinski definition) is 1. The summed E-state index contributed by atoms with van der Waals surface area (Å²) < 4.78 is 0. The van der Waals surface area contributed by atoms with E-state index in [0.717, 1.165) is 28.0 Å². The van der Waals surface area contributed by atoms with Crippen molar-refractivity contribution in [3.63, 3.8) is 0 Å². The van der Waals surface area contributed by atoms with Crippen LogP contribution in [0.4, 0.5) is 4.79 Å². The van der Waals surface area contributed by atoms with Crippen molar-refractivity contribution in [1.82, 2.24) is 15.1 Å².